The highest BCUT2D eigenvalue weighted by molar-refractivity contribution is 5.88. The molecule has 162 valence electrons. The van der Waals surface area contributed by atoms with E-state index in [0.29, 0.717) is 17.8 Å². The van der Waals surface area contributed by atoms with E-state index in [1.807, 2.05) is 0 Å². The van der Waals surface area contributed by atoms with Crippen LogP contribution in [0.25, 0.3) is 0 Å². The van der Waals surface area contributed by atoms with Gasteiger partial charge in [0.25, 0.3) is 5.56 Å². The van der Waals surface area contributed by atoms with E-state index < -0.39 is 23.4 Å². The number of hydrogen-bond acceptors (Lipinski definition) is 6. The van der Waals surface area contributed by atoms with Crippen molar-refractivity contribution in [3.63, 3.8) is 0 Å². The first-order valence-corrected chi connectivity index (χ1v) is 9.67. The van der Waals surface area contributed by atoms with Gasteiger partial charge in [0.05, 0.1) is 18.8 Å². The predicted molar refractivity (Wildman–Crippen MR) is 112 cm³/mol. The van der Waals surface area contributed by atoms with Crippen LogP contribution in [0.5, 0.6) is 0 Å². The molecule has 2 amide bonds. The molecule has 8 nitrogen and oxygen atoms in total. The summed E-state index contributed by atoms with van der Waals surface area (Å²) in [6.45, 7) is 10.6. The Bertz CT molecular complexity index is 909. The quantitative estimate of drug-likeness (QED) is 0.751. The van der Waals surface area contributed by atoms with Gasteiger partial charge < -0.3 is 14.0 Å². The number of pyridine rings is 2. The molecule has 2 heterocycles. The molecule has 30 heavy (non-hydrogen) atoms. The number of hydrogen-bond donors (Lipinski definition) is 0. The van der Waals surface area contributed by atoms with Crippen molar-refractivity contribution in [2.24, 2.45) is 0 Å². The molecule has 0 atom stereocenters. The molecule has 2 aromatic rings. The van der Waals surface area contributed by atoms with Crippen LogP contribution < -0.4 is 5.56 Å². The number of nitrogens with zero attached hydrogens (tertiary/aromatic N) is 3. The molecular weight excluding hydrogens is 386 g/mol. The summed E-state index contributed by atoms with van der Waals surface area (Å²) in [6.07, 6.45) is 1.66. The highest BCUT2D eigenvalue weighted by Gasteiger charge is 2.31. The maximum Gasteiger partial charge on any atom is 0.420 e. The van der Waals surface area contributed by atoms with Gasteiger partial charge in [-0.15, -0.1) is 0 Å². The third-order valence-electron chi connectivity index (χ3n) is 3.69. The molecule has 2 rings (SSSR count). The van der Waals surface area contributed by atoms with E-state index in [1.54, 1.807) is 78.2 Å². The fourth-order valence-electron chi connectivity index (χ4n) is 2.43. The maximum absolute atomic E-state index is 12.6. The molecule has 0 aromatic carbocycles. The predicted octanol–water partition coefficient (Wildman–Crippen LogP) is 3.96. The first-order chi connectivity index (χ1) is 13.8. The molecular formula is C22H29N3O5. The second-order valence-corrected chi connectivity index (χ2v) is 8.87. The number of ether oxygens (including phenoxy) is 2. The first kappa shape index (κ1) is 23.1. The molecule has 0 spiro atoms. The van der Waals surface area contributed by atoms with Gasteiger partial charge in [-0.05, 0) is 59.2 Å². The Hall–Kier alpha value is -3.16. The summed E-state index contributed by atoms with van der Waals surface area (Å²) in [6, 6.07) is 8.43. The smallest absolute Gasteiger partial charge is 0.420 e. The van der Waals surface area contributed by atoms with Crippen molar-refractivity contribution < 1.29 is 19.1 Å². The van der Waals surface area contributed by atoms with Crippen LogP contribution in [0.1, 0.15) is 52.8 Å². The van der Waals surface area contributed by atoms with Crippen molar-refractivity contribution in [1.82, 2.24) is 14.5 Å². The average Bonchev–Trinajstić information content (AvgIpc) is 2.60. The van der Waals surface area contributed by atoms with Crippen molar-refractivity contribution in [2.75, 3.05) is 0 Å². The monoisotopic (exact) mass is 415 g/mol. The summed E-state index contributed by atoms with van der Waals surface area (Å²) in [5.41, 5.74) is -0.349. The number of amides is 2. The zero-order valence-electron chi connectivity index (χ0n) is 18.3. The Kier molecular flexibility index (Phi) is 7.02. The van der Waals surface area contributed by atoms with Crippen molar-refractivity contribution in [3.8, 4) is 0 Å². The van der Waals surface area contributed by atoms with Crippen molar-refractivity contribution in [3.05, 3.63) is 64.3 Å². The normalized spacial score (nSPS) is 11.7. The van der Waals surface area contributed by atoms with Crippen LogP contribution in [0.15, 0.2) is 47.5 Å². The summed E-state index contributed by atoms with van der Waals surface area (Å²) >= 11 is 0. The lowest BCUT2D eigenvalue weighted by Gasteiger charge is -2.28. The molecule has 0 radical (unpaired) electrons. The average molecular weight is 415 g/mol. The fraction of sp³-hybridized carbons (Fsp3) is 0.455. The minimum Gasteiger partial charge on any atom is -0.443 e. The van der Waals surface area contributed by atoms with Gasteiger partial charge in [-0.2, -0.15) is 0 Å². The Balaban J connectivity index is 2.18. The second-order valence-electron chi connectivity index (χ2n) is 8.87. The number of carbonyl (C=O) groups excluding carboxylic acids is 2. The SMILES string of the molecule is CC(C)(C)OC(=O)N(Cc1ccc(Cn2ccccc2=O)nc1)C(=O)OC(C)(C)C. The fourth-order valence-corrected chi connectivity index (χ4v) is 2.43. The van der Waals surface area contributed by atoms with Crippen LogP contribution in [0.4, 0.5) is 9.59 Å². The molecule has 0 bridgehead atoms. The molecule has 0 aliphatic heterocycles. The third-order valence-corrected chi connectivity index (χ3v) is 3.69. The van der Waals surface area contributed by atoms with Gasteiger partial charge in [-0.3, -0.25) is 9.78 Å². The van der Waals surface area contributed by atoms with E-state index in [9.17, 15) is 14.4 Å². The van der Waals surface area contributed by atoms with Crippen LogP contribution in [0.3, 0.4) is 0 Å². The number of rotatable bonds is 4. The molecule has 0 fully saturated rings. The lowest BCUT2D eigenvalue weighted by Crippen LogP contribution is -2.43. The molecule has 0 unspecified atom stereocenters. The van der Waals surface area contributed by atoms with Crippen LogP contribution >= 0.6 is 0 Å². The van der Waals surface area contributed by atoms with Crippen LogP contribution in [-0.2, 0) is 22.6 Å². The van der Waals surface area contributed by atoms with Crippen molar-refractivity contribution >= 4 is 12.2 Å². The standard InChI is InChI=1S/C22H29N3O5/c1-21(2,3)29-19(27)25(20(28)30-22(4,5)6)14-16-10-11-17(23-13-16)15-24-12-8-7-9-18(24)26/h7-13H,14-15H2,1-6H3. The van der Waals surface area contributed by atoms with E-state index in [1.165, 1.54) is 10.6 Å². The molecule has 8 heteroatoms. The van der Waals surface area contributed by atoms with Gasteiger partial charge in [0, 0.05) is 18.5 Å². The van der Waals surface area contributed by atoms with Gasteiger partial charge in [-0.1, -0.05) is 12.1 Å². The van der Waals surface area contributed by atoms with E-state index >= 15 is 0 Å². The lowest BCUT2D eigenvalue weighted by molar-refractivity contribution is -0.000260. The van der Waals surface area contributed by atoms with E-state index in [0.717, 1.165) is 4.90 Å². The highest BCUT2D eigenvalue weighted by atomic mass is 16.6. The van der Waals surface area contributed by atoms with Gasteiger partial charge in [0.15, 0.2) is 0 Å². The van der Waals surface area contributed by atoms with Gasteiger partial charge >= 0.3 is 12.2 Å². The first-order valence-electron chi connectivity index (χ1n) is 9.67. The van der Waals surface area contributed by atoms with Gasteiger partial charge in [0.1, 0.15) is 11.2 Å². The summed E-state index contributed by atoms with van der Waals surface area (Å²) in [4.78, 5) is 42.3. The Morgan fingerprint density at radius 3 is 2.03 bits per heavy atom. The van der Waals surface area contributed by atoms with E-state index in [2.05, 4.69) is 4.98 Å². The minimum atomic E-state index is -0.795. The maximum atomic E-state index is 12.6. The Labute approximate surface area is 176 Å². The zero-order chi connectivity index (χ0) is 22.5. The third kappa shape index (κ3) is 7.35. The lowest BCUT2D eigenvalue weighted by atomic mass is 10.2. The largest absolute Gasteiger partial charge is 0.443 e. The molecule has 0 N–H and O–H groups in total. The summed E-state index contributed by atoms with van der Waals surface area (Å²) < 4.78 is 12.2. The topological polar surface area (TPSA) is 90.7 Å². The highest BCUT2D eigenvalue weighted by Crippen LogP contribution is 2.17. The minimum absolute atomic E-state index is 0.0532. The van der Waals surface area contributed by atoms with Crippen LogP contribution in [0, 0.1) is 0 Å². The molecule has 0 saturated heterocycles. The number of imide groups is 1. The van der Waals surface area contributed by atoms with Crippen molar-refractivity contribution in [2.45, 2.75) is 65.8 Å². The van der Waals surface area contributed by atoms with Crippen molar-refractivity contribution in [1.29, 1.82) is 0 Å². The second kappa shape index (κ2) is 9.11. The molecule has 0 aliphatic rings. The number of aromatic nitrogens is 2. The Morgan fingerprint density at radius 1 is 0.967 bits per heavy atom. The zero-order valence-corrected chi connectivity index (χ0v) is 18.3. The summed E-state index contributed by atoms with van der Waals surface area (Å²) in [5.74, 6) is 0. The van der Waals surface area contributed by atoms with Gasteiger partial charge in [-0.25, -0.2) is 14.5 Å². The van der Waals surface area contributed by atoms with E-state index in [-0.39, 0.29) is 12.1 Å². The summed E-state index contributed by atoms with van der Waals surface area (Å²) in [5, 5.41) is 0. The van der Waals surface area contributed by atoms with Crippen LogP contribution in [0.2, 0.25) is 0 Å². The Morgan fingerprint density at radius 2 is 1.57 bits per heavy atom. The molecule has 0 saturated carbocycles. The molecule has 2 aromatic heterocycles. The van der Waals surface area contributed by atoms with E-state index in [4.69, 9.17) is 9.47 Å². The summed E-state index contributed by atoms with van der Waals surface area (Å²) in [7, 11) is 0. The number of carbonyl (C=O) groups is 2. The molecule has 0 aliphatic carbocycles. The van der Waals surface area contributed by atoms with Crippen LogP contribution in [-0.4, -0.2) is 37.8 Å². The van der Waals surface area contributed by atoms with Gasteiger partial charge in [0.2, 0.25) is 0 Å².